The first kappa shape index (κ1) is 26.6. The highest BCUT2D eigenvalue weighted by atomic mass is 79.9. The number of aromatic nitrogens is 4. The molecule has 4 heterocycles. The van der Waals surface area contributed by atoms with Crippen molar-refractivity contribution in [3.63, 3.8) is 0 Å². The smallest absolute Gasteiger partial charge is 0.274 e. The predicted octanol–water partition coefficient (Wildman–Crippen LogP) is 4.66. The first-order valence-electron chi connectivity index (χ1n) is 9.23. The Morgan fingerprint density at radius 3 is 1.85 bits per heavy atom. The second kappa shape index (κ2) is 12.0. The van der Waals surface area contributed by atoms with E-state index >= 15 is 0 Å². The minimum atomic E-state index is -0.121. The minimum absolute atomic E-state index is 0.0248. The fourth-order valence-corrected chi connectivity index (χ4v) is 4.25. The van der Waals surface area contributed by atoms with Crippen molar-refractivity contribution in [3.8, 4) is 0 Å². The number of hydrogen-bond acceptors (Lipinski definition) is 8. The van der Waals surface area contributed by atoms with E-state index in [1.54, 1.807) is 64.6 Å². The number of pyridine rings is 2. The number of nitrogens with zero attached hydrogens (tertiary/aromatic N) is 4. The summed E-state index contributed by atoms with van der Waals surface area (Å²) in [5, 5.41) is 10.1. The lowest BCUT2D eigenvalue weighted by Gasteiger charge is -2.04. The molecule has 3 N–H and O–H groups in total. The average Bonchev–Trinajstić information content (AvgIpc) is 3.31. The van der Waals surface area contributed by atoms with E-state index in [0.29, 0.717) is 27.6 Å². The molecule has 0 fully saturated rings. The number of halogens is 3. The Hall–Kier alpha value is -2.64. The van der Waals surface area contributed by atoms with Gasteiger partial charge < -0.3 is 29.2 Å². The van der Waals surface area contributed by atoms with E-state index in [9.17, 15) is 9.59 Å². The maximum absolute atomic E-state index is 11.8. The topological polar surface area (TPSA) is 134 Å². The molecule has 13 heteroatoms. The van der Waals surface area contributed by atoms with Gasteiger partial charge in [-0.15, -0.1) is 0 Å². The van der Waals surface area contributed by atoms with Crippen molar-refractivity contribution in [2.24, 2.45) is 14.1 Å². The van der Waals surface area contributed by atoms with Crippen molar-refractivity contribution in [2.75, 3.05) is 11.1 Å². The number of nitrogens with one attached hydrogen (secondary N) is 1. The van der Waals surface area contributed by atoms with Crippen molar-refractivity contribution in [1.29, 1.82) is 0 Å². The molecule has 33 heavy (non-hydrogen) atoms. The quantitative estimate of drug-likeness (QED) is 0.321. The number of nitrogens with two attached hydrogens (primary N) is 1. The zero-order chi connectivity index (χ0) is 24.7. The second-order valence-electron chi connectivity index (χ2n) is 6.72. The van der Waals surface area contributed by atoms with Gasteiger partial charge in [-0.3, -0.25) is 9.59 Å². The standard InChI is InChI=1S/C10H10BrN3O2.C6H5Br2NO.C4H6N2O/c1-6-3-9(13-16-6)12-8-4-7(11)5-14(2)10(8)15;1-9-3-4(7)2-5(8)6(9)10;1-3-2-4(5)6-7-3/h3-5H,1-2H3,(H,12,13);2-3H,1H3;2H,1H3,(H2,5,6). The Kier molecular flexibility index (Phi) is 9.68. The van der Waals surface area contributed by atoms with Crippen LogP contribution in [0, 0.1) is 13.8 Å². The molecule has 0 aliphatic carbocycles. The highest BCUT2D eigenvalue weighted by Crippen LogP contribution is 2.16. The van der Waals surface area contributed by atoms with Crippen LogP contribution in [0.25, 0.3) is 0 Å². The third-order valence-corrected chi connectivity index (χ3v) is 5.23. The van der Waals surface area contributed by atoms with E-state index in [0.717, 1.165) is 14.7 Å². The summed E-state index contributed by atoms with van der Waals surface area (Å²) in [6.45, 7) is 3.58. The van der Waals surface area contributed by atoms with Crippen LogP contribution < -0.4 is 22.2 Å². The summed E-state index contributed by atoms with van der Waals surface area (Å²) in [7, 11) is 3.39. The van der Waals surface area contributed by atoms with Crippen molar-refractivity contribution < 1.29 is 9.05 Å². The largest absolute Gasteiger partial charge is 0.381 e. The van der Waals surface area contributed by atoms with Crippen molar-refractivity contribution in [3.05, 3.63) is 82.3 Å². The lowest BCUT2D eigenvalue weighted by molar-refractivity contribution is 0.400. The first-order valence-corrected chi connectivity index (χ1v) is 11.6. The third-order valence-electron chi connectivity index (χ3n) is 3.79. The van der Waals surface area contributed by atoms with Crippen LogP contribution in [0.5, 0.6) is 0 Å². The van der Waals surface area contributed by atoms with Gasteiger partial charge in [0.15, 0.2) is 11.6 Å². The Bertz CT molecular complexity index is 1300. The SMILES string of the molecule is Cc1cc(N)no1.Cc1cc(Nc2cc(Br)cn(C)c2=O)no1.Cn1cc(Br)cc(Br)c1=O. The maximum Gasteiger partial charge on any atom is 0.274 e. The molecule has 4 aromatic heterocycles. The summed E-state index contributed by atoms with van der Waals surface area (Å²) < 4.78 is 14.8. The molecule has 0 amide bonds. The van der Waals surface area contributed by atoms with Crippen molar-refractivity contribution >= 4 is 65.1 Å². The molecule has 0 aliphatic heterocycles. The third kappa shape index (κ3) is 8.33. The molecule has 10 nitrogen and oxygen atoms in total. The van der Waals surface area contributed by atoms with Gasteiger partial charge in [0.25, 0.3) is 11.1 Å². The van der Waals surface area contributed by atoms with Gasteiger partial charge in [-0.05, 0) is 73.8 Å². The molecular formula is C20H21Br3N6O4. The van der Waals surface area contributed by atoms with Gasteiger partial charge in [0, 0.05) is 47.6 Å². The zero-order valence-electron chi connectivity index (χ0n) is 18.1. The molecule has 0 bridgehead atoms. The Morgan fingerprint density at radius 1 is 0.848 bits per heavy atom. The number of rotatable bonds is 2. The molecule has 0 saturated carbocycles. The second-order valence-corrected chi connectivity index (χ2v) is 9.41. The Balaban J connectivity index is 0.000000193. The monoisotopic (exact) mass is 646 g/mol. The van der Waals surface area contributed by atoms with Crippen LogP contribution >= 0.6 is 47.8 Å². The summed E-state index contributed by atoms with van der Waals surface area (Å²) in [6, 6.07) is 6.81. The molecule has 0 aliphatic rings. The zero-order valence-corrected chi connectivity index (χ0v) is 22.9. The normalized spacial score (nSPS) is 10.0. The first-order chi connectivity index (χ1) is 15.5. The molecule has 4 aromatic rings. The van der Waals surface area contributed by atoms with E-state index in [2.05, 4.69) is 67.9 Å². The van der Waals surface area contributed by atoms with Gasteiger partial charge in [0.2, 0.25) is 0 Å². The summed E-state index contributed by atoms with van der Waals surface area (Å²) in [5.74, 6) is 2.40. The van der Waals surface area contributed by atoms with Crippen LogP contribution in [-0.4, -0.2) is 19.4 Å². The molecule has 176 valence electrons. The maximum atomic E-state index is 11.8. The van der Waals surface area contributed by atoms with Crippen LogP contribution in [0.1, 0.15) is 11.5 Å². The highest BCUT2D eigenvalue weighted by Gasteiger charge is 2.06. The molecule has 0 saturated heterocycles. The fraction of sp³-hybridized carbons (Fsp3) is 0.200. The summed E-state index contributed by atoms with van der Waals surface area (Å²) in [6.07, 6.45) is 3.41. The van der Waals surface area contributed by atoms with Crippen LogP contribution in [-0.2, 0) is 14.1 Å². The van der Waals surface area contributed by atoms with E-state index < -0.39 is 0 Å². The summed E-state index contributed by atoms with van der Waals surface area (Å²) in [5.41, 5.74) is 5.48. The van der Waals surface area contributed by atoms with Gasteiger partial charge in [-0.1, -0.05) is 10.3 Å². The Morgan fingerprint density at radius 2 is 1.39 bits per heavy atom. The van der Waals surface area contributed by atoms with Gasteiger partial charge in [-0.25, -0.2) is 0 Å². The molecular weight excluding hydrogens is 628 g/mol. The number of aryl methyl sites for hydroxylation is 4. The summed E-state index contributed by atoms with van der Waals surface area (Å²) in [4.78, 5) is 22.8. The molecule has 0 unspecified atom stereocenters. The van der Waals surface area contributed by atoms with Gasteiger partial charge >= 0.3 is 0 Å². The minimum Gasteiger partial charge on any atom is -0.381 e. The van der Waals surface area contributed by atoms with Gasteiger partial charge in [0.05, 0.1) is 4.47 Å². The number of hydrogen-bond donors (Lipinski definition) is 2. The fourth-order valence-electron chi connectivity index (χ4n) is 2.34. The van der Waals surface area contributed by atoms with E-state index in [4.69, 9.17) is 10.3 Å². The van der Waals surface area contributed by atoms with Gasteiger partial charge in [-0.2, -0.15) is 0 Å². The molecule has 0 spiro atoms. The summed E-state index contributed by atoms with van der Waals surface area (Å²) >= 11 is 9.71. The van der Waals surface area contributed by atoms with E-state index in [1.165, 1.54) is 9.13 Å². The average molecular weight is 649 g/mol. The number of anilines is 3. The Labute approximate surface area is 214 Å². The van der Waals surface area contributed by atoms with Gasteiger partial charge in [0.1, 0.15) is 17.2 Å². The highest BCUT2D eigenvalue weighted by molar-refractivity contribution is 9.11. The molecule has 0 radical (unpaired) electrons. The lowest BCUT2D eigenvalue weighted by Crippen LogP contribution is -2.19. The number of nitrogen functional groups attached to an aromatic ring is 1. The lowest BCUT2D eigenvalue weighted by atomic mass is 10.4. The van der Waals surface area contributed by atoms with Crippen LogP contribution in [0.4, 0.5) is 17.3 Å². The molecule has 4 rings (SSSR count). The predicted molar refractivity (Wildman–Crippen MR) is 137 cm³/mol. The van der Waals surface area contributed by atoms with Crippen LogP contribution in [0.2, 0.25) is 0 Å². The van der Waals surface area contributed by atoms with Crippen molar-refractivity contribution in [2.45, 2.75) is 13.8 Å². The molecule has 0 aromatic carbocycles. The van der Waals surface area contributed by atoms with E-state index in [1.807, 2.05) is 0 Å². The van der Waals surface area contributed by atoms with E-state index in [-0.39, 0.29) is 11.1 Å². The van der Waals surface area contributed by atoms with Crippen LogP contribution in [0.3, 0.4) is 0 Å². The van der Waals surface area contributed by atoms with Crippen molar-refractivity contribution in [1.82, 2.24) is 19.4 Å². The molecule has 0 atom stereocenters. The van der Waals surface area contributed by atoms with Crippen LogP contribution in [0.15, 0.2) is 68.7 Å².